The molecular weight excluding hydrogens is 226 g/mol. The number of aromatic nitrogens is 1. The van der Waals surface area contributed by atoms with Crippen LogP contribution in [0.15, 0.2) is 18.5 Å². The van der Waals surface area contributed by atoms with Crippen molar-refractivity contribution in [2.45, 2.75) is 37.6 Å². The van der Waals surface area contributed by atoms with Crippen LogP contribution in [0.1, 0.15) is 42.5 Å². The molecule has 98 valence electrons. The molecule has 2 rings (SSSR count). The molecule has 0 amide bonds. The molecule has 1 aromatic heterocycles. The van der Waals surface area contributed by atoms with Crippen LogP contribution in [0.25, 0.3) is 0 Å². The monoisotopic (exact) mass is 247 g/mol. The Kier molecular flexibility index (Phi) is 3.66. The van der Waals surface area contributed by atoms with Gasteiger partial charge in [-0.2, -0.15) is 0 Å². The Labute approximate surface area is 108 Å². The largest absolute Gasteiger partial charge is 0.398 e. The number of carbonyl (C=O) groups excluding carboxylic acids is 1. The van der Waals surface area contributed by atoms with Gasteiger partial charge in [0.2, 0.25) is 0 Å². The van der Waals surface area contributed by atoms with Gasteiger partial charge in [-0.3, -0.25) is 14.7 Å². The molecule has 0 unspecified atom stereocenters. The van der Waals surface area contributed by atoms with Gasteiger partial charge >= 0.3 is 0 Å². The van der Waals surface area contributed by atoms with Gasteiger partial charge < -0.3 is 5.73 Å². The molecule has 4 heteroatoms. The number of hydrogen-bond acceptors (Lipinski definition) is 4. The van der Waals surface area contributed by atoms with E-state index in [0.717, 1.165) is 25.7 Å². The van der Waals surface area contributed by atoms with Gasteiger partial charge in [-0.25, -0.2) is 0 Å². The van der Waals surface area contributed by atoms with Crippen LogP contribution >= 0.6 is 0 Å². The van der Waals surface area contributed by atoms with Crippen LogP contribution in [-0.2, 0) is 0 Å². The predicted octanol–water partition coefficient (Wildman–Crippen LogP) is 2.11. The zero-order valence-corrected chi connectivity index (χ0v) is 11.1. The fraction of sp³-hybridized carbons (Fsp3) is 0.571. The lowest BCUT2D eigenvalue weighted by Crippen LogP contribution is -2.52. The van der Waals surface area contributed by atoms with E-state index in [-0.39, 0.29) is 5.78 Å². The Morgan fingerprint density at radius 1 is 1.33 bits per heavy atom. The van der Waals surface area contributed by atoms with Gasteiger partial charge in [0.05, 0.1) is 11.1 Å². The third-order valence-corrected chi connectivity index (χ3v) is 4.06. The molecule has 0 atom stereocenters. The van der Waals surface area contributed by atoms with Gasteiger partial charge in [-0.05, 0) is 33.0 Å². The minimum Gasteiger partial charge on any atom is -0.398 e. The summed E-state index contributed by atoms with van der Waals surface area (Å²) in [5, 5.41) is 0. The minimum atomic E-state index is -0.393. The zero-order chi connectivity index (χ0) is 13.2. The molecule has 1 aromatic rings. The third-order valence-electron chi connectivity index (χ3n) is 4.06. The lowest BCUT2D eigenvalue weighted by atomic mass is 9.75. The fourth-order valence-corrected chi connectivity index (χ4v) is 2.86. The lowest BCUT2D eigenvalue weighted by molar-refractivity contribution is 0.0564. The van der Waals surface area contributed by atoms with Gasteiger partial charge in [-0.15, -0.1) is 0 Å². The van der Waals surface area contributed by atoms with Crippen molar-refractivity contribution < 1.29 is 4.79 Å². The van der Waals surface area contributed by atoms with E-state index >= 15 is 0 Å². The normalized spacial score (nSPS) is 18.8. The number of Topliss-reactive ketones (excluding diaryl/α,β-unsaturated/α-hetero) is 1. The first-order valence-corrected chi connectivity index (χ1v) is 6.50. The molecule has 0 spiro atoms. The average molecular weight is 247 g/mol. The summed E-state index contributed by atoms with van der Waals surface area (Å²) in [5.74, 6) is 0.123. The number of likely N-dealkylation sites (N-methyl/N-ethyl adjacent to an activating group) is 1. The molecule has 0 saturated heterocycles. The average Bonchev–Trinajstić information content (AvgIpc) is 2.39. The Balaban J connectivity index is 2.38. The van der Waals surface area contributed by atoms with Crippen LogP contribution in [0.5, 0.6) is 0 Å². The van der Waals surface area contributed by atoms with Gasteiger partial charge in [0.15, 0.2) is 5.78 Å². The molecular formula is C14H21N3O. The first kappa shape index (κ1) is 13.0. The standard InChI is InChI=1S/C14H21N3O/c1-17(2)14(7-4-3-5-8-14)13(18)11-10-16-9-6-12(11)15/h6,9-10H,3-5,7-8H2,1-2H3,(H2,15,16). The van der Waals surface area contributed by atoms with E-state index in [4.69, 9.17) is 5.73 Å². The highest BCUT2D eigenvalue weighted by atomic mass is 16.1. The molecule has 2 N–H and O–H groups in total. The van der Waals surface area contributed by atoms with Gasteiger partial charge in [0.1, 0.15) is 0 Å². The van der Waals surface area contributed by atoms with Crippen LogP contribution in [-0.4, -0.2) is 35.3 Å². The second kappa shape index (κ2) is 5.06. The summed E-state index contributed by atoms with van der Waals surface area (Å²) in [7, 11) is 3.96. The molecule has 0 radical (unpaired) electrons. The predicted molar refractivity (Wildman–Crippen MR) is 72.5 cm³/mol. The van der Waals surface area contributed by atoms with Crippen molar-refractivity contribution in [3.8, 4) is 0 Å². The maximum absolute atomic E-state index is 12.8. The van der Waals surface area contributed by atoms with Crippen molar-refractivity contribution in [1.29, 1.82) is 0 Å². The van der Waals surface area contributed by atoms with Crippen LogP contribution in [0.2, 0.25) is 0 Å². The molecule has 4 nitrogen and oxygen atoms in total. The smallest absolute Gasteiger partial charge is 0.186 e. The van der Waals surface area contributed by atoms with E-state index in [2.05, 4.69) is 9.88 Å². The highest BCUT2D eigenvalue weighted by Crippen LogP contribution is 2.35. The van der Waals surface area contributed by atoms with Crippen molar-refractivity contribution in [3.63, 3.8) is 0 Å². The van der Waals surface area contributed by atoms with Crippen LogP contribution < -0.4 is 5.73 Å². The first-order valence-electron chi connectivity index (χ1n) is 6.50. The number of ketones is 1. The summed E-state index contributed by atoms with van der Waals surface area (Å²) >= 11 is 0. The number of nitrogens with two attached hydrogens (primary N) is 1. The summed E-state index contributed by atoms with van der Waals surface area (Å²) in [4.78, 5) is 18.9. The summed E-state index contributed by atoms with van der Waals surface area (Å²) in [5.41, 5.74) is 6.61. The number of hydrogen-bond donors (Lipinski definition) is 1. The van der Waals surface area contributed by atoms with Crippen LogP contribution in [0.4, 0.5) is 5.69 Å². The summed E-state index contributed by atoms with van der Waals surface area (Å²) in [6, 6.07) is 1.69. The zero-order valence-electron chi connectivity index (χ0n) is 11.1. The Morgan fingerprint density at radius 2 is 2.00 bits per heavy atom. The molecule has 1 aliphatic carbocycles. The Morgan fingerprint density at radius 3 is 2.56 bits per heavy atom. The van der Waals surface area contributed by atoms with E-state index in [0.29, 0.717) is 11.3 Å². The molecule has 1 heterocycles. The topological polar surface area (TPSA) is 59.2 Å². The van der Waals surface area contributed by atoms with Crippen molar-refractivity contribution in [3.05, 3.63) is 24.0 Å². The SMILES string of the molecule is CN(C)C1(C(=O)c2cnccc2N)CCCCC1. The number of pyridine rings is 1. The molecule has 0 aromatic carbocycles. The van der Waals surface area contributed by atoms with E-state index in [1.807, 2.05) is 14.1 Å². The van der Waals surface area contributed by atoms with E-state index < -0.39 is 5.54 Å². The second-order valence-corrected chi connectivity index (χ2v) is 5.28. The van der Waals surface area contributed by atoms with Gasteiger partial charge in [0, 0.05) is 18.1 Å². The van der Waals surface area contributed by atoms with E-state index in [1.54, 1.807) is 18.5 Å². The van der Waals surface area contributed by atoms with E-state index in [9.17, 15) is 4.79 Å². The number of nitrogens with zero attached hydrogens (tertiary/aromatic N) is 2. The molecule has 18 heavy (non-hydrogen) atoms. The summed E-state index contributed by atoms with van der Waals surface area (Å²) in [6.07, 6.45) is 8.45. The first-order chi connectivity index (χ1) is 8.58. The fourth-order valence-electron chi connectivity index (χ4n) is 2.86. The van der Waals surface area contributed by atoms with Crippen LogP contribution in [0, 0.1) is 0 Å². The van der Waals surface area contributed by atoms with Crippen molar-refractivity contribution in [1.82, 2.24) is 9.88 Å². The molecule has 1 saturated carbocycles. The number of rotatable bonds is 3. The molecule has 1 aliphatic rings. The van der Waals surface area contributed by atoms with Crippen molar-refractivity contribution in [2.24, 2.45) is 0 Å². The maximum atomic E-state index is 12.8. The van der Waals surface area contributed by atoms with Gasteiger partial charge in [-0.1, -0.05) is 19.3 Å². The number of nitrogen functional groups attached to an aromatic ring is 1. The van der Waals surface area contributed by atoms with Crippen molar-refractivity contribution in [2.75, 3.05) is 19.8 Å². The molecule has 0 bridgehead atoms. The highest BCUT2D eigenvalue weighted by molar-refractivity contribution is 6.06. The highest BCUT2D eigenvalue weighted by Gasteiger charge is 2.42. The van der Waals surface area contributed by atoms with E-state index in [1.165, 1.54) is 6.42 Å². The van der Waals surface area contributed by atoms with Crippen molar-refractivity contribution >= 4 is 11.5 Å². The Hall–Kier alpha value is -1.42. The molecule has 0 aliphatic heterocycles. The summed E-state index contributed by atoms with van der Waals surface area (Å²) in [6.45, 7) is 0. The second-order valence-electron chi connectivity index (χ2n) is 5.28. The van der Waals surface area contributed by atoms with Crippen LogP contribution in [0.3, 0.4) is 0 Å². The quantitative estimate of drug-likeness (QED) is 0.831. The lowest BCUT2D eigenvalue weighted by Gasteiger charge is -2.41. The Bertz CT molecular complexity index is 436. The minimum absolute atomic E-state index is 0.123. The molecule has 1 fully saturated rings. The number of anilines is 1. The maximum Gasteiger partial charge on any atom is 0.186 e. The third kappa shape index (κ3) is 2.12. The summed E-state index contributed by atoms with van der Waals surface area (Å²) < 4.78 is 0. The number of carbonyl (C=O) groups is 1. The van der Waals surface area contributed by atoms with Gasteiger partial charge in [0.25, 0.3) is 0 Å².